The van der Waals surface area contributed by atoms with E-state index >= 15 is 0 Å². The molecule has 0 bridgehead atoms. The molecule has 0 saturated carbocycles. The smallest absolute Gasteiger partial charge is 0.220 e. The van der Waals surface area contributed by atoms with Gasteiger partial charge in [-0.2, -0.15) is 4.39 Å². The number of pyridine rings is 2. The van der Waals surface area contributed by atoms with Crippen LogP contribution in [-0.4, -0.2) is 9.97 Å². The molecule has 0 unspecified atom stereocenters. The Morgan fingerprint density at radius 1 is 1.00 bits per heavy atom. The first-order chi connectivity index (χ1) is 7.86. The average molecular weight is 214 g/mol. The minimum Gasteiger partial charge on any atom is -0.261 e. The number of aryl methyl sites for hydroxylation is 1. The second-order valence-electron chi connectivity index (χ2n) is 3.98. The highest BCUT2D eigenvalue weighted by Crippen LogP contribution is 2.31. The maximum absolute atomic E-state index is 13.6. The molecular weight excluding hydrogens is 203 g/mol. The predicted molar refractivity (Wildman–Crippen MR) is 59.5 cm³/mol. The van der Waals surface area contributed by atoms with E-state index in [9.17, 15) is 4.39 Å². The molecule has 3 rings (SSSR count). The van der Waals surface area contributed by atoms with Crippen LogP contribution in [0.2, 0.25) is 0 Å². The Bertz CT molecular complexity index is 537. The molecule has 2 aromatic rings. The fraction of sp³-hybridized carbons (Fsp3) is 0.231. The fourth-order valence-electron chi connectivity index (χ4n) is 2.30. The first-order valence-electron chi connectivity index (χ1n) is 5.44. The first kappa shape index (κ1) is 9.46. The molecule has 1 aliphatic rings. The summed E-state index contributed by atoms with van der Waals surface area (Å²) in [4.78, 5) is 8.03. The number of halogens is 1. The van der Waals surface area contributed by atoms with Gasteiger partial charge < -0.3 is 0 Å². The van der Waals surface area contributed by atoms with Crippen molar-refractivity contribution in [1.82, 2.24) is 9.97 Å². The zero-order chi connectivity index (χ0) is 11.0. The average Bonchev–Trinajstić information content (AvgIpc) is 2.77. The number of hydrogen-bond donors (Lipinski definition) is 0. The molecule has 0 radical (unpaired) electrons. The molecule has 0 aromatic carbocycles. The summed E-state index contributed by atoms with van der Waals surface area (Å²) in [6, 6.07) is 5.42. The maximum atomic E-state index is 13.6. The van der Waals surface area contributed by atoms with Crippen molar-refractivity contribution in [2.45, 2.75) is 19.3 Å². The van der Waals surface area contributed by atoms with Gasteiger partial charge in [-0.3, -0.25) is 4.98 Å². The van der Waals surface area contributed by atoms with E-state index in [1.807, 2.05) is 6.07 Å². The van der Waals surface area contributed by atoms with Crippen molar-refractivity contribution in [3.63, 3.8) is 0 Å². The summed E-state index contributed by atoms with van der Waals surface area (Å²) < 4.78 is 13.6. The maximum Gasteiger partial charge on any atom is 0.220 e. The molecular formula is C13H11FN2. The van der Waals surface area contributed by atoms with Gasteiger partial charge in [-0.05, 0) is 48.6 Å². The lowest BCUT2D eigenvalue weighted by Crippen LogP contribution is -1.94. The Labute approximate surface area is 93.2 Å². The number of nitrogens with zero attached hydrogens (tertiary/aromatic N) is 2. The van der Waals surface area contributed by atoms with Gasteiger partial charge in [0.2, 0.25) is 5.95 Å². The van der Waals surface area contributed by atoms with Crippen LogP contribution in [0.25, 0.3) is 11.1 Å². The van der Waals surface area contributed by atoms with Gasteiger partial charge in [0.25, 0.3) is 0 Å². The van der Waals surface area contributed by atoms with Gasteiger partial charge in [-0.1, -0.05) is 0 Å². The molecule has 0 atom stereocenters. The SMILES string of the molecule is Fc1ncccc1-c1ccnc2c1CCC2. The Balaban J connectivity index is 2.21. The Hall–Kier alpha value is -1.77. The van der Waals surface area contributed by atoms with Crippen LogP contribution in [-0.2, 0) is 12.8 Å². The molecule has 1 aliphatic carbocycles. The summed E-state index contributed by atoms with van der Waals surface area (Å²) in [5, 5.41) is 0. The van der Waals surface area contributed by atoms with Crippen LogP contribution < -0.4 is 0 Å². The quantitative estimate of drug-likeness (QED) is 0.682. The van der Waals surface area contributed by atoms with Crippen LogP contribution in [0.5, 0.6) is 0 Å². The van der Waals surface area contributed by atoms with E-state index in [1.165, 1.54) is 11.8 Å². The molecule has 3 heteroatoms. The van der Waals surface area contributed by atoms with Crippen LogP contribution in [0.1, 0.15) is 17.7 Å². The third kappa shape index (κ3) is 1.40. The minimum atomic E-state index is -0.400. The van der Waals surface area contributed by atoms with Crippen LogP contribution >= 0.6 is 0 Å². The highest BCUT2D eigenvalue weighted by molar-refractivity contribution is 5.68. The normalized spacial score (nSPS) is 13.8. The molecule has 0 amide bonds. The molecule has 80 valence electrons. The van der Waals surface area contributed by atoms with Crippen LogP contribution in [0.4, 0.5) is 4.39 Å². The zero-order valence-corrected chi connectivity index (χ0v) is 8.78. The molecule has 2 aromatic heterocycles. The van der Waals surface area contributed by atoms with Gasteiger partial charge in [0, 0.05) is 23.7 Å². The van der Waals surface area contributed by atoms with E-state index in [0.29, 0.717) is 5.56 Å². The molecule has 0 saturated heterocycles. The molecule has 16 heavy (non-hydrogen) atoms. The van der Waals surface area contributed by atoms with E-state index in [1.54, 1.807) is 18.3 Å². The van der Waals surface area contributed by atoms with E-state index in [-0.39, 0.29) is 0 Å². The molecule has 2 heterocycles. The number of aromatic nitrogens is 2. The highest BCUT2D eigenvalue weighted by atomic mass is 19.1. The minimum absolute atomic E-state index is 0.400. The second kappa shape index (κ2) is 3.67. The lowest BCUT2D eigenvalue weighted by Gasteiger charge is -2.07. The summed E-state index contributed by atoms with van der Waals surface area (Å²) in [7, 11) is 0. The van der Waals surface area contributed by atoms with Crippen molar-refractivity contribution >= 4 is 0 Å². The summed E-state index contributed by atoms with van der Waals surface area (Å²) in [6.45, 7) is 0. The molecule has 2 nitrogen and oxygen atoms in total. The van der Waals surface area contributed by atoms with E-state index in [4.69, 9.17) is 0 Å². The number of fused-ring (bicyclic) bond motifs is 1. The lowest BCUT2D eigenvalue weighted by molar-refractivity contribution is 0.587. The third-order valence-electron chi connectivity index (χ3n) is 3.03. The highest BCUT2D eigenvalue weighted by Gasteiger charge is 2.18. The Morgan fingerprint density at radius 2 is 1.94 bits per heavy atom. The van der Waals surface area contributed by atoms with Gasteiger partial charge in [0.15, 0.2) is 0 Å². The Kier molecular flexibility index (Phi) is 2.17. The Morgan fingerprint density at radius 3 is 2.81 bits per heavy atom. The lowest BCUT2D eigenvalue weighted by atomic mass is 10.0. The zero-order valence-electron chi connectivity index (χ0n) is 8.78. The van der Waals surface area contributed by atoms with Gasteiger partial charge in [0.05, 0.1) is 0 Å². The predicted octanol–water partition coefficient (Wildman–Crippen LogP) is 2.77. The van der Waals surface area contributed by atoms with Crippen molar-refractivity contribution in [2.75, 3.05) is 0 Å². The van der Waals surface area contributed by atoms with Crippen LogP contribution in [0.15, 0.2) is 30.6 Å². The fourth-order valence-corrected chi connectivity index (χ4v) is 2.30. The van der Waals surface area contributed by atoms with E-state index < -0.39 is 5.95 Å². The largest absolute Gasteiger partial charge is 0.261 e. The molecule has 0 aliphatic heterocycles. The van der Waals surface area contributed by atoms with E-state index in [0.717, 1.165) is 30.5 Å². The van der Waals surface area contributed by atoms with Gasteiger partial charge in [-0.15, -0.1) is 0 Å². The van der Waals surface area contributed by atoms with Crippen molar-refractivity contribution in [3.8, 4) is 11.1 Å². The van der Waals surface area contributed by atoms with Crippen molar-refractivity contribution < 1.29 is 4.39 Å². The number of hydrogen-bond acceptors (Lipinski definition) is 2. The van der Waals surface area contributed by atoms with Gasteiger partial charge in [0.1, 0.15) is 0 Å². The second-order valence-corrected chi connectivity index (χ2v) is 3.98. The monoisotopic (exact) mass is 214 g/mol. The van der Waals surface area contributed by atoms with Crippen LogP contribution in [0.3, 0.4) is 0 Å². The van der Waals surface area contributed by atoms with E-state index in [2.05, 4.69) is 9.97 Å². The van der Waals surface area contributed by atoms with Crippen LogP contribution in [0, 0.1) is 5.95 Å². The topological polar surface area (TPSA) is 25.8 Å². The first-order valence-corrected chi connectivity index (χ1v) is 5.44. The van der Waals surface area contributed by atoms with Crippen molar-refractivity contribution in [2.24, 2.45) is 0 Å². The number of rotatable bonds is 1. The standard InChI is InChI=1S/C13H11FN2/c14-13-11(4-2-7-16-13)9-6-8-15-12-5-1-3-10(9)12/h2,4,6-8H,1,3,5H2. The molecule has 0 N–H and O–H groups in total. The molecule has 0 spiro atoms. The summed E-state index contributed by atoms with van der Waals surface area (Å²) in [5.74, 6) is -0.400. The molecule has 0 fully saturated rings. The van der Waals surface area contributed by atoms with Crippen molar-refractivity contribution in [3.05, 3.63) is 47.8 Å². The van der Waals surface area contributed by atoms with Gasteiger partial charge in [-0.25, -0.2) is 4.98 Å². The van der Waals surface area contributed by atoms with Crippen molar-refractivity contribution in [1.29, 1.82) is 0 Å². The summed E-state index contributed by atoms with van der Waals surface area (Å²) in [6.07, 6.45) is 6.34. The third-order valence-corrected chi connectivity index (χ3v) is 3.03. The summed E-state index contributed by atoms with van der Waals surface area (Å²) in [5.41, 5.74) is 3.84. The van der Waals surface area contributed by atoms with Gasteiger partial charge >= 0.3 is 0 Å². The summed E-state index contributed by atoms with van der Waals surface area (Å²) >= 11 is 0.